The summed E-state index contributed by atoms with van der Waals surface area (Å²) in [5, 5.41) is 3.08. The van der Waals surface area contributed by atoms with E-state index in [9.17, 15) is 8.78 Å². The van der Waals surface area contributed by atoms with Crippen LogP contribution in [0.3, 0.4) is 0 Å². The fourth-order valence-corrected chi connectivity index (χ4v) is 3.07. The third-order valence-electron chi connectivity index (χ3n) is 4.40. The van der Waals surface area contributed by atoms with Crippen molar-refractivity contribution in [1.82, 2.24) is 0 Å². The van der Waals surface area contributed by atoms with Crippen LogP contribution in [0.4, 0.5) is 14.5 Å². The molecule has 2 aromatic rings. The summed E-state index contributed by atoms with van der Waals surface area (Å²) in [6.45, 7) is 2.16. The molecule has 3 nitrogen and oxygen atoms in total. The highest BCUT2D eigenvalue weighted by Crippen LogP contribution is 2.25. The van der Waals surface area contributed by atoms with E-state index in [0.717, 1.165) is 24.6 Å². The zero-order chi connectivity index (χ0) is 17.1. The maximum absolute atomic E-state index is 13.8. The molecule has 0 bridgehead atoms. The number of aliphatic imine (C=N–C) groups is 1. The first-order chi connectivity index (χ1) is 11.5. The molecule has 0 radical (unpaired) electrons. The Hall–Kier alpha value is -1.70. The lowest BCUT2D eigenvalue weighted by molar-refractivity contribution is 0.560. The highest BCUT2D eigenvalue weighted by Gasteiger charge is 2.13. The van der Waals surface area contributed by atoms with Crippen LogP contribution in [0.1, 0.15) is 36.0 Å². The third-order valence-corrected chi connectivity index (χ3v) is 4.40. The lowest BCUT2D eigenvalue weighted by Crippen LogP contribution is -2.23. The second-order valence-electron chi connectivity index (χ2n) is 6.25. The number of anilines is 1. The van der Waals surface area contributed by atoms with Gasteiger partial charge in [-0.3, -0.25) is 4.99 Å². The topological polar surface area (TPSA) is 50.4 Å². The van der Waals surface area contributed by atoms with Gasteiger partial charge in [0.15, 0.2) is 5.96 Å². The number of nitrogens with two attached hydrogens (primary N) is 1. The van der Waals surface area contributed by atoms with Crippen LogP contribution in [0, 0.1) is 11.6 Å². The van der Waals surface area contributed by atoms with Crippen molar-refractivity contribution in [3.63, 3.8) is 0 Å². The molecule has 1 aliphatic rings. The molecule has 1 aliphatic carbocycles. The Morgan fingerprint density at radius 2 is 1.92 bits per heavy atom. The molecule has 3 N–H and O–H groups in total. The number of fused-ring (bicyclic) bond motifs is 1. The van der Waals surface area contributed by atoms with E-state index in [1.807, 2.05) is 13.0 Å². The van der Waals surface area contributed by atoms with Crippen LogP contribution in [0.2, 0.25) is 0 Å². The Morgan fingerprint density at radius 1 is 1.16 bits per heavy atom. The summed E-state index contributed by atoms with van der Waals surface area (Å²) in [4.78, 5) is 4.28. The smallest absolute Gasteiger partial charge is 0.193 e. The minimum Gasteiger partial charge on any atom is -0.370 e. The first kappa shape index (κ1) is 19.6. The number of guanidine groups is 1. The van der Waals surface area contributed by atoms with Gasteiger partial charge in [0.1, 0.15) is 11.6 Å². The Labute approximate surface area is 163 Å². The maximum atomic E-state index is 13.8. The van der Waals surface area contributed by atoms with E-state index in [2.05, 4.69) is 22.4 Å². The lowest BCUT2D eigenvalue weighted by Gasteiger charge is -2.12. The molecule has 25 heavy (non-hydrogen) atoms. The van der Waals surface area contributed by atoms with Gasteiger partial charge in [0.05, 0.1) is 0 Å². The molecule has 3 rings (SSSR count). The van der Waals surface area contributed by atoms with Crippen molar-refractivity contribution in [3.05, 3.63) is 64.7 Å². The first-order valence-electron chi connectivity index (χ1n) is 8.16. The van der Waals surface area contributed by atoms with E-state index in [-0.39, 0.29) is 29.9 Å². The van der Waals surface area contributed by atoms with Crippen molar-refractivity contribution < 1.29 is 8.78 Å². The van der Waals surface area contributed by atoms with Gasteiger partial charge in [-0.1, -0.05) is 19.1 Å². The summed E-state index contributed by atoms with van der Waals surface area (Å²) in [5.74, 6) is -1.03. The van der Waals surface area contributed by atoms with Gasteiger partial charge in [-0.2, -0.15) is 0 Å². The Kier molecular flexibility index (Phi) is 6.75. The first-order valence-corrected chi connectivity index (χ1v) is 8.16. The van der Waals surface area contributed by atoms with Gasteiger partial charge in [-0.25, -0.2) is 8.78 Å². The standard InChI is InChI=1S/C19H21F2N3.HI/c1-12(17-8-6-15(20)10-18(17)21)11-23-19(22)24-16-7-5-13-3-2-4-14(13)9-16;/h5-10,12H,2-4,11H2,1H3,(H3,22,23,24);1H. The van der Waals surface area contributed by atoms with Crippen molar-refractivity contribution in [3.8, 4) is 0 Å². The number of nitrogens with zero attached hydrogens (tertiary/aromatic N) is 1. The minimum absolute atomic E-state index is 0. The molecule has 134 valence electrons. The van der Waals surface area contributed by atoms with Gasteiger partial charge in [0.25, 0.3) is 0 Å². The van der Waals surface area contributed by atoms with E-state index in [0.29, 0.717) is 18.1 Å². The second-order valence-corrected chi connectivity index (χ2v) is 6.25. The van der Waals surface area contributed by atoms with Crippen molar-refractivity contribution in [1.29, 1.82) is 0 Å². The summed E-state index contributed by atoms with van der Waals surface area (Å²) in [6, 6.07) is 9.82. The van der Waals surface area contributed by atoms with Crippen LogP contribution >= 0.6 is 24.0 Å². The van der Waals surface area contributed by atoms with Crippen molar-refractivity contribution in [2.75, 3.05) is 11.9 Å². The SMILES string of the molecule is CC(CN=C(N)Nc1ccc2c(c1)CCC2)c1ccc(F)cc1F.I. The molecule has 0 saturated carbocycles. The summed E-state index contributed by atoms with van der Waals surface area (Å²) >= 11 is 0. The van der Waals surface area contributed by atoms with Gasteiger partial charge >= 0.3 is 0 Å². The molecule has 0 fully saturated rings. The molecule has 0 saturated heterocycles. The Bertz CT molecular complexity index is 777. The largest absolute Gasteiger partial charge is 0.370 e. The van der Waals surface area contributed by atoms with Crippen LogP contribution < -0.4 is 11.1 Å². The third kappa shape index (κ3) is 4.90. The lowest BCUT2D eigenvalue weighted by atomic mass is 10.0. The summed E-state index contributed by atoms with van der Waals surface area (Å²) in [7, 11) is 0. The zero-order valence-corrected chi connectivity index (χ0v) is 16.4. The van der Waals surface area contributed by atoms with Crippen LogP contribution in [0.15, 0.2) is 41.4 Å². The molecule has 0 spiro atoms. The molecule has 0 heterocycles. The number of rotatable bonds is 4. The zero-order valence-electron chi connectivity index (χ0n) is 14.1. The average Bonchev–Trinajstić information content (AvgIpc) is 3.00. The van der Waals surface area contributed by atoms with Crippen molar-refractivity contribution >= 4 is 35.6 Å². The predicted octanol–water partition coefficient (Wildman–Crippen LogP) is 4.60. The molecule has 0 aliphatic heterocycles. The summed E-state index contributed by atoms with van der Waals surface area (Å²) in [5.41, 5.74) is 10.0. The monoisotopic (exact) mass is 457 g/mol. The van der Waals surface area contributed by atoms with Gasteiger partial charge in [0.2, 0.25) is 0 Å². The van der Waals surface area contributed by atoms with Crippen LogP contribution in [-0.4, -0.2) is 12.5 Å². The van der Waals surface area contributed by atoms with Gasteiger partial charge in [-0.05, 0) is 54.2 Å². The minimum atomic E-state index is -0.579. The average molecular weight is 457 g/mol. The number of hydrogen-bond donors (Lipinski definition) is 2. The van der Waals surface area contributed by atoms with E-state index >= 15 is 0 Å². The van der Waals surface area contributed by atoms with Gasteiger partial charge in [0, 0.05) is 24.2 Å². The molecule has 1 unspecified atom stereocenters. The van der Waals surface area contributed by atoms with Crippen LogP contribution in [0.5, 0.6) is 0 Å². The number of nitrogens with one attached hydrogen (secondary N) is 1. The molecular formula is C19H22F2IN3. The molecular weight excluding hydrogens is 435 g/mol. The van der Waals surface area contributed by atoms with Gasteiger partial charge < -0.3 is 11.1 Å². The maximum Gasteiger partial charge on any atom is 0.193 e. The molecule has 0 aromatic heterocycles. The summed E-state index contributed by atoms with van der Waals surface area (Å²) in [6.07, 6.45) is 3.44. The highest BCUT2D eigenvalue weighted by atomic mass is 127. The number of benzene rings is 2. The fourth-order valence-electron chi connectivity index (χ4n) is 3.07. The van der Waals surface area contributed by atoms with E-state index in [4.69, 9.17) is 5.73 Å². The second kappa shape index (κ2) is 8.60. The van der Waals surface area contributed by atoms with Crippen molar-refractivity contribution in [2.24, 2.45) is 10.7 Å². The predicted molar refractivity (Wildman–Crippen MR) is 109 cm³/mol. The fraction of sp³-hybridized carbons (Fsp3) is 0.316. The molecule has 2 aromatic carbocycles. The molecule has 1 atom stereocenters. The Balaban J connectivity index is 0.00000225. The van der Waals surface area contributed by atoms with Crippen LogP contribution in [-0.2, 0) is 12.8 Å². The number of halogens is 3. The van der Waals surface area contributed by atoms with E-state index in [1.165, 1.54) is 29.7 Å². The van der Waals surface area contributed by atoms with E-state index < -0.39 is 11.6 Å². The molecule has 0 amide bonds. The highest BCUT2D eigenvalue weighted by molar-refractivity contribution is 14.0. The molecule has 6 heteroatoms. The number of aryl methyl sites for hydroxylation is 2. The van der Waals surface area contributed by atoms with Gasteiger partial charge in [-0.15, -0.1) is 24.0 Å². The summed E-state index contributed by atoms with van der Waals surface area (Å²) < 4.78 is 26.7. The normalized spacial score (nSPS) is 14.6. The van der Waals surface area contributed by atoms with Crippen molar-refractivity contribution in [2.45, 2.75) is 32.1 Å². The van der Waals surface area contributed by atoms with E-state index in [1.54, 1.807) is 0 Å². The quantitative estimate of drug-likeness (QED) is 0.401. The Morgan fingerprint density at radius 3 is 2.68 bits per heavy atom. The number of hydrogen-bond acceptors (Lipinski definition) is 1. The van der Waals surface area contributed by atoms with Crippen LogP contribution in [0.25, 0.3) is 0 Å².